The minimum atomic E-state index is -2.74. The van der Waals surface area contributed by atoms with Gasteiger partial charge in [-0.1, -0.05) is 0 Å². The van der Waals surface area contributed by atoms with Crippen molar-refractivity contribution in [3.05, 3.63) is 38.6 Å². The standard InChI is InChI=1S/C17H16BrF2N5O2S/c1-7-5-10(15(19)20)22-17-12(7)13(14(28-17)16(21)27)23-11(26)3-4-25-6-9(18)8(2)24-25/h5-6,15H,3-4H2,1-2H3,(H2,21,27)(H,23,26). The molecule has 0 aromatic carbocycles. The third-order valence-corrected chi connectivity index (χ3v) is 5.92. The Balaban J connectivity index is 1.89. The Bertz CT molecular complexity index is 1060. The number of nitrogens with zero attached hydrogens (tertiary/aromatic N) is 3. The number of thiophene rings is 1. The van der Waals surface area contributed by atoms with E-state index in [1.165, 1.54) is 6.07 Å². The van der Waals surface area contributed by atoms with Crippen molar-refractivity contribution in [3.63, 3.8) is 0 Å². The van der Waals surface area contributed by atoms with Gasteiger partial charge in [0.1, 0.15) is 15.4 Å². The van der Waals surface area contributed by atoms with Gasteiger partial charge < -0.3 is 11.1 Å². The summed E-state index contributed by atoms with van der Waals surface area (Å²) in [6.45, 7) is 3.78. The van der Waals surface area contributed by atoms with E-state index in [0.717, 1.165) is 21.5 Å². The number of hydrogen-bond acceptors (Lipinski definition) is 5. The molecule has 3 aromatic rings. The number of rotatable bonds is 6. The molecule has 0 unspecified atom stereocenters. The lowest BCUT2D eigenvalue weighted by molar-refractivity contribution is -0.116. The van der Waals surface area contributed by atoms with Crippen molar-refractivity contribution >= 4 is 55.0 Å². The number of alkyl halides is 2. The van der Waals surface area contributed by atoms with Gasteiger partial charge in [-0.15, -0.1) is 11.3 Å². The highest BCUT2D eigenvalue weighted by molar-refractivity contribution is 9.10. The number of nitrogens with one attached hydrogen (secondary N) is 1. The largest absolute Gasteiger partial charge is 0.365 e. The first-order valence-electron chi connectivity index (χ1n) is 8.18. The van der Waals surface area contributed by atoms with Gasteiger partial charge >= 0.3 is 0 Å². The summed E-state index contributed by atoms with van der Waals surface area (Å²) in [7, 11) is 0. The summed E-state index contributed by atoms with van der Waals surface area (Å²) in [6, 6.07) is 1.24. The molecule has 3 rings (SSSR count). The lowest BCUT2D eigenvalue weighted by Gasteiger charge is -2.08. The van der Waals surface area contributed by atoms with Gasteiger partial charge in [0.25, 0.3) is 12.3 Å². The van der Waals surface area contributed by atoms with Crippen LogP contribution in [0.1, 0.15) is 39.5 Å². The number of halogens is 3. The Labute approximate surface area is 171 Å². The first kappa shape index (κ1) is 20.3. The molecule has 0 radical (unpaired) electrons. The second-order valence-electron chi connectivity index (χ2n) is 6.14. The Morgan fingerprint density at radius 1 is 1.39 bits per heavy atom. The normalized spacial score (nSPS) is 11.4. The molecular weight excluding hydrogens is 456 g/mol. The van der Waals surface area contributed by atoms with E-state index in [4.69, 9.17) is 5.73 Å². The lowest BCUT2D eigenvalue weighted by Crippen LogP contribution is -2.18. The molecule has 11 heteroatoms. The van der Waals surface area contributed by atoms with Crippen LogP contribution in [0.4, 0.5) is 14.5 Å². The number of aryl methyl sites for hydroxylation is 3. The van der Waals surface area contributed by atoms with Gasteiger partial charge in [-0.05, 0) is 41.4 Å². The maximum atomic E-state index is 13.0. The van der Waals surface area contributed by atoms with Crippen LogP contribution in [0.15, 0.2) is 16.7 Å². The second kappa shape index (κ2) is 7.92. The highest BCUT2D eigenvalue weighted by atomic mass is 79.9. The van der Waals surface area contributed by atoms with E-state index < -0.39 is 12.3 Å². The summed E-state index contributed by atoms with van der Waals surface area (Å²) >= 11 is 4.24. The van der Waals surface area contributed by atoms with Crippen LogP contribution in [-0.2, 0) is 11.3 Å². The number of aromatic nitrogens is 3. The molecule has 3 heterocycles. The number of hydrogen-bond donors (Lipinski definition) is 2. The predicted molar refractivity (Wildman–Crippen MR) is 106 cm³/mol. The second-order valence-corrected chi connectivity index (χ2v) is 7.99. The first-order valence-corrected chi connectivity index (χ1v) is 9.79. The molecule has 0 spiro atoms. The Kier molecular flexibility index (Phi) is 5.75. The number of carbonyl (C=O) groups excluding carboxylic acids is 2. The van der Waals surface area contributed by atoms with Gasteiger partial charge in [-0.25, -0.2) is 13.8 Å². The number of amides is 2. The Morgan fingerprint density at radius 2 is 2.11 bits per heavy atom. The average Bonchev–Trinajstić information content (AvgIpc) is 3.13. The molecule has 0 aliphatic rings. The maximum absolute atomic E-state index is 13.0. The molecule has 0 fully saturated rings. The number of primary amides is 1. The fourth-order valence-corrected chi connectivity index (χ4v) is 4.12. The minimum Gasteiger partial charge on any atom is -0.365 e. The number of carbonyl (C=O) groups is 2. The molecule has 0 saturated heterocycles. The molecule has 148 valence electrons. The molecule has 0 aliphatic heterocycles. The average molecular weight is 472 g/mol. The monoisotopic (exact) mass is 471 g/mol. The molecule has 0 atom stereocenters. The van der Waals surface area contributed by atoms with E-state index in [-0.39, 0.29) is 33.4 Å². The topological polar surface area (TPSA) is 103 Å². The summed E-state index contributed by atoms with van der Waals surface area (Å²) in [5.74, 6) is -1.12. The Morgan fingerprint density at radius 3 is 2.68 bits per heavy atom. The van der Waals surface area contributed by atoms with E-state index in [0.29, 0.717) is 17.5 Å². The number of anilines is 1. The van der Waals surface area contributed by atoms with E-state index in [1.807, 2.05) is 6.92 Å². The van der Waals surface area contributed by atoms with Crippen molar-refractivity contribution < 1.29 is 18.4 Å². The fraction of sp³-hybridized carbons (Fsp3) is 0.294. The molecule has 2 amide bonds. The number of fused-ring (bicyclic) bond motifs is 1. The van der Waals surface area contributed by atoms with Crippen LogP contribution in [0.2, 0.25) is 0 Å². The molecule has 7 nitrogen and oxygen atoms in total. The summed E-state index contributed by atoms with van der Waals surface area (Å²) in [5, 5.41) is 7.38. The van der Waals surface area contributed by atoms with E-state index in [1.54, 1.807) is 17.8 Å². The number of nitrogens with two attached hydrogens (primary N) is 1. The lowest BCUT2D eigenvalue weighted by atomic mass is 10.1. The van der Waals surface area contributed by atoms with Crippen LogP contribution in [0, 0.1) is 13.8 Å². The van der Waals surface area contributed by atoms with Crippen molar-refractivity contribution in [3.8, 4) is 0 Å². The molecular formula is C17H16BrF2N5O2S. The first-order chi connectivity index (χ1) is 13.2. The van der Waals surface area contributed by atoms with Crippen molar-refractivity contribution in [1.82, 2.24) is 14.8 Å². The Hall–Kier alpha value is -2.40. The number of pyridine rings is 1. The van der Waals surface area contributed by atoms with E-state index in [2.05, 4.69) is 31.3 Å². The smallest absolute Gasteiger partial charge is 0.280 e. The van der Waals surface area contributed by atoms with Crippen molar-refractivity contribution in [2.45, 2.75) is 33.2 Å². The molecule has 3 aromatic heterocycles. The van der Waals surface area contributed by atoms with Gasteiger partial charge in [0.05, 0.1) is 15.9 Å². The van der Waals surface area contributed by atoms with Crippen LogP contribution in [-0.4, -0.2) is 26.6 Å². The van der Waals surface area contributed by atoms with Crippen LogP contribution in [0.3, 0.4) is 0 Å². The molecule has 0 saturated carbocycles. The van der Waals surface area contributed by atoms with Crippen LogP contribution in [0.25, 0.3) is 10.2 Å². The maximum Gasteiger partial charge on any atom is 0.280 e. The molecule has 28 heavy (non-hydrogen) atoms. The zero-order valence-electron chi connectivity index (χ0n) is 14.9. The third kappa shape index (κ3) is 4.04. The van der Waals surface area contributed by atoms with Crippen LogP contribution < -0.4 is 11.1 Å². The zero-order chi connectivity index (χ0) is 20.6. The van der Waals surface area contributed by atoms with Crippen molar-refractivity contribution in [2.24, 2.45) is 5.73 Å². The summed E-state index contributed by atoms with van der Waals surface area (Å²) < 4.78 is 28.5. The van der Waals surface area contributed by atoms with E-state index in [9.17, 15) is 18.4 Å². The van der Waals surface area contributed by atoms with Gasteiger partial charge in [-0.3, -0.25) is 14.3 Å². The quantitative estimate of drug-likeness (QED) is 0.568. The molecule has 0 bridgehead atoms. The summed E-state index contributed by atoms with van der Waals surface area (Å²) in [6.07, 6.45) is -0.876. The summed E-state index contributed by atoms with van der Waals surface area (Å²) in [4.78, 5) is 28.4. The highest BCUT2D eigenvalue weighted by Gasteiger charge is 2.23. The minimum absolute atomic E-state index is 0.0723. The van der Waals surface area contributed by atoms with Gasteiger partial charge in [0.2, 0.25) is 5.91 Å². The van der Waals surface area contributed by atoms with Gasteiger partial charge in [0, 0.05) is 24.5 Å². The van der Waals surface area contributed by atoms with Crippen molar-refractivity contribution in [1.29, 1.82) is 0 Å². The van der Waals surface area contributed by atoms with Gasteiger partial charge in [-0.2, -0.15) is 5.10 Å². The SMILES string of the molecule is Cc1nn(CCC(=O)Nc2c(C(N)=O)sc3nc(C(F)F)cc(C)c23)cc1Br. The van der Waals surface area contributed by atoms with Gasteiger partial charge in [0.15, 0.2) is 0 Å². The predicted octanol–water partition coefficient (Wildman–Crippen LogP) is 3.94. The van der Waals surface area contributed by atoms with Crippen LogP contribution >= 0.6 is 27.3 Å². The van der Waals surface area contributed by atoms with Crippen molar-refractivity contribution in [2.75, 3.05) is 5.32 Å². The van der Waals surface area contributed by atoms with Crippen LogP contribution in [0.5, 0.6) is 0 Å². The van der Waals surface area contributed by atoms with E-state index >= 15 is 0 Å². The molecule has 3 N–H and O–H groups in total. The summed E-state index contributed by atoms with van der Waals surface area (Å²) in [5.41, 5.74) is 6.51. The highest BCUT2D eigenvalue weighted by Crippen LogP contribution is 2.38. The zero-order valence-corrected chi connectivity index (χ0v) is 17.3. The molecule has 0 aliphatic carbocycles. The third-order valence-electron chi connectivity index (χ3n) is 4.05. The fourth-order valence-electron chi connectivity index (χ4n) is 2.74.